The van der Waals surface area contributed by atoms with Crippen LogP contribution in [-0.4, -0.2) is 28.2 Å². The molecule has 1 aliphatic carbocycles. The molecule has 0 saturated heterocycles. The van der Waals surface area contributed by atoms with Gasteiger partial charge in [0.25, 0.3) is 0 Å². The molecule has 1 unspecified atom stereocenters. The van der Waals surface area contributed by atoms with E-state index >= 15 is 0 Å². The van der Waals surface area contributed by atoms with Crippen LogP contribution in [0, 0.1) is 5.92 Å². The number of aromatic nitrogens is 2. The molecule has 0 saturated carbocycles. The van der Waals surface area contributed by atoms with Gasteiger partial charge >= 0.3 is 0 Å². The Morgan fingerprint density at radius 1 is 1.33 bits per heavy atom. The minimum atomic E-state index is 0.266. The first-order valence-electron chi connectivity index (χ1n) is 7.02. The third kappa shape index (κ3) is 3.19. The van der Waals surface area contributed by atoms with Crippen LogP contribution in [-0.2, 0) is 12.8 Å². The van der Waals surface area contributed by atoms with E-state index in [2.05, 4.69) is 22.2 Å². The van der Waals surface area contributed by atoms with Gasteiger partial charge in [-0.1, -0.05) is 13.3 Å². The molecule has 18 heavy (non-hydrogen) atoms. The van der Waals surface area contributed by atoms with Crippen molar-refractivity contribution in [2.75, 3.05) is 18.5 Å². The van der Waals surface area contributed by atoms with Crippen molar-refractivity contribution in [3.05, 3.63) is 17.6 Å². The van der Waals surface area contributed by atoms with Gasteiger partial charge in [0.05, 0.1) is 0 Å². The fraction of sp³-hybridized carbons (Fsp3) is 0.714. The minimum Gasteiger partial charge on any atom is -0.396 e. The fourth-order valence-corrected chi connectivity index (χ4v) is 2.55. The molecule has 4 heteroatoms. The van der Waals surface area contributed by atoms with Gasteiger partial charge in [-0.05, 0) is 38.0 Å². The van der Waals surface area contributed by atoms with Crippen LogP contribution in [0.1, 0.15) is 43.9 Å². The average Bonchev–Trinajstić information content (AvgIpc) is 2.43. The summed E-state index contributed by atoms with van der Waals surface area (Å²) in [6.45, 7) is 3.32. The monoisotopic (exact) mass is 249 g/mol. The van der Waals surface area contributed by atoms with Crippen LogP contribution in [0.2, 0.25) is 0 Å². The number of hydrogen-bond acceptors (Lipinski definition) is 4. The van der Waals surface area contributed by atoms with E-state index in [4.69, 9.17) is 5.11 Å². The third-order valence-electron chi connectivity index (χ3n) is 3.80. The second kappa shape index (κ2) is 6.69. The normalized spacial score (nSPS) is 16.1. The summed E-state index contributed by atoms with van der Waals surface area (Å²) in [6, 6.07) is 0. The lowest BCUT2D eigenvalue weighted by atomic mass is 9.96. The number of hydrogen-bond donors (Lipinski definition) is 2. The van der Waals surface area contributed by atoms with Crippen LogP contribution < -0.4 is 5.32 Å². The molecule has 0 bridgehead atoms. The second-order valence-electron chi connectivity index (χ2n) is 5.02. The summed E-state index contributed by atoms with van der Waals surface area (Å²) in [5.74, 6) is 1.53. The van der Waals surface area contributed by atoms with Crippen molar-refractivity contribution in [3.8, 4) is 0 Å². The van der Waals surface area contributed by atoms with Crippen LogP contribution in [0.25, 0.3) is 0 Å². The number of aliphatic hydroxyl groups excluding tert-OH is 1. The summed E-state index contributed by atoms with van der Waals surface area (Å²) in [6.07, 6.45) is 8.27. The molecule has 100 valence electrons. The molecule has 0 amide bonds. The Bertz CT molecular complexity index is 381. The highest BCUT2D eigenvalue weighted by atomic mass is 16.3. The Morgan fingerprint density at radius 3 is 2.94 bits per heavy atom. The largest absolute Gasteiger partial charge is 0.396 e. The van der Waals surface area contributed by atoms with Crippen LogP contribution in [0.5, 0.6) is 0 Å². The van der Waals surface area contributed by atoms with E-state index in [9.17, 15) is 0 Å². The second-order valence-corrected chi connectivity index (χ2v) is 5.02. The van der Waals surface area contributed by atoms with Crippen LogP contribution in [0.3, 0.4) is 0 Å². The standard InChI is InChI=1S/C14H23N3O/c1-2-11(7-8-18)9-15-14-12-5-3-4-6-13(12)16-10-17-14/h10-11,18H,2-9H2,1H3,(H,15,16,17). The third-order valence-corrected chi connectivity index (χ3v) is 3.80. The minimum absolute atomic E-state index is 0.266. The first-order valence-corrected chi connectivity index (χ1v) is 7.02. The first kappa shape index (κ1) is 13.3. The topological polar surface area (TPSA) is 58.0 Å². The van der Waals surface area contributed by atoms with E-state index in [0.29, 0.717) is 5.92 Å². The van der Waals surface area contributed by atoms with Gasteiger partial charge in [0, 0.05) is 24.4 Å². The van der Waals surface area contributed by atoms with E-state index in [1.807, 2.05) is 0 Å². The first-order chi connectivity index (χ1) is 8.85. The van der Waals surface area contributed by atoms with Crippen molar-refractivity contribution in [3.63, 3.8) is 0 Å². The number of rotatable bonds is 6. The highest BCUT2D eigenvalue weighted by Gasteiger charge is 2.15. The number of anilines is 1. The number of aryl methyl sites for hydroxylation is 1. The van der Waals surface area contributed by atoms with E-state index in [1.165, 1.54) is 24.1 Å². The number of nitrogens with one attached hydrogen (secondary N) is 1. The van der Waals surface area contributed by atoms with Crippen LogP contribution >= 0.6 is 0 Å². The van der Waals surface area contributed by atoms with Gasteiger partial charge < -0.3 is 10.4 Å². The molecule has 1 atom stereocenters. The van der Waals surface area contributed by atoms with Crippen molar-refractivity contribution in [2.24, 2.45) is 5.92 Å². The summed E-state index contributed by atoms with van der Waals surface area (Å²) in [5, 5.41) is 12.5. The summed E-state index contributed by atoms with van der Waals surface area (Å²) in [7, 11) is 0. The van der Waals surface area contributed by atoms with Gasteiger partial charge in [-0.2, -0.15) is 0 Å². The zero-order valence-electron chi connectivity index (χ0n) is 11.2. The Morgan fingerprint density at radius 2 is 2.17 bits per heavy atom. The van der Waals surface area contributed by atoms with Crippen molar-refractivity contribution in [1.29, 1.82) is 0 Å². The SMILES string of the molecule is CCC(CCO)CNc1ncnc2c1CCCC2. The molecule has 0 radical (unpaired) electrons. The van der Waals surface area contributed by atoms with Gasteiger partial charge in [-0.3, -0.25) is 0 Å². The summed E-state index contributed by atoms with van der Waals surface area (Å²) >= 11 is 0. The zero-order chi connectivity index (χ0) is 12.8. The average molecular weight is 249 g/mol. The Balaban J connectivity index is 2.00. The highest BCUT2D eigenvalue weighted by Crippen LogP contribution is 2.24. The van der Waals surface area contributed by atoms with Crippen molar-refractivity contribution in [1.82, 2.24) is 9.97 Å². The predicted octanol–water partition coefficient (Wildman–Crippen LogP) is 2.18. The molecule has 1 heterocycles. The molecule has 4 nitrogen and oxygen atoms in total. The molecule has 1 aliphatic rings. The quantitative estimate of drug-likeness (QED) is 0.811. The molecule has 0 aliphatic heterocycles. The van der Waals surface area contributed by atoms with Crippen molar-refractivity contribution >= 4 is 5.82 Å². The lowest BCUT2D eigenvalue weighted by Gasteiger charge is -2.20. The van der Waals surface area contributed by atoms with Crippen molar-refractivity contribution < 1.29 is 5.11 Å². The molecule has 0 spiro atoms. The Hall–Kier alpha value is -1.16. The van der Waals surface area contributed by atoms with E-state index < -0.39 is 0 Å². The van der Waals surface area contributed by atoms with E-state index in [1.54, 1.807) is 6.33 Å². The molecular formula is C14H23N3O. The molecule has 2 rings (SSSR count). The van der Waals surface area contributed by atoms with Gasteiger partial charge in [0.15, 0.2) is 0 Å². The predicted molar refractivity (Wildman–Crippen MR) is 72.6 cm³/mol. The van der Waals surface area contributed by atoms with Crippen molar-refractivity contribution in [2.45, 2.75) is 45.4 Å². The Kier molecular flexibility index (Phi) is 4.93. The van der Waals surface area contributed by atoms with Gasteiger partial charge in [-0.15, -0.1) is 0 Å². The molecule has 2 N–H and O–H groups in total. The molecule has 0 fully saturated rings. The zero-order valence-corrected chi connectivity index (χ0v) is 11.2. The maximum absolute atomic E-state index is 9.00. The van der Waals surface area contributed by atoms with E-state index in [-0.39, 0.29) is 6.61 Å². The van der Waals surface area contributed by atoms with E-state index in [0.717, 1.165) is 38.0 Å². The summed E-state index contributed by atoms with van der Waals surface area (Å²) < 4.78 is 0. The smallest absolute Gasteiger partial charge is 0.132 e. The van der Waals surface area contributed by atoms with Gasteiger partial charge in [0.2, 0.25) is 0 Å². The fourth-order valence-electron chi connectivity index (χ4n) is 2.55. The lowest BCUT2D eigenvalue weighted by molar-refractivity contribution is 0.258. The summed E-state index contributed by atoms with van der Waals surface area (Å²) in [4.78, 5) is 8.75. The number of nitrogens with zero attached hydrogens (tertiary/aromatic N) is 2. The van der Waals surface area contributed by atoms with Gasteiger partial charge in [-0.25, -0.2) is 9.97 Å². The van der Waals surface area contributed by atoms with Crippen LogP contribution in [0.15, 0.2) is 6.33 Å². The summed E-state index contributed by atoms with van der Waals surface area (Å²) in [5.41, 5.74) is 2.52. The molecule has 0 aromatic carbocycles. The number of aliphatic hydroxyl groups is 1. The van der Waals surface area contributed by atoms with Gasteiger partial charge in [0.1, 0.15) is 12.1 Å². The maximum atomic E-state index is 9.00. The molecule has 1 aromatic heterocycles. The molecular weight excluding hydrogens is 226 g/mol. The Labute approximate surface area is 109 Å². The number of fused-ring (bicyclic) bond motifs is 1. The lowest BCUT2D eigenvalue weighted by Crippen LogP contribution is -2.18. The maximum Gasteiger partial charge on any atom is 0.132 e. The molecule has 1 aromatic rings. The highest BCUT2D eigenvalue weighted by molar-refractivity contribution is 5.46. The van der Waals surface area contributed by atoms with Crippen LogP contribution in [0.4, 0.5) is 5.82 Å².